The maximum Gasteiger partial charge on any atom is 0.416 e. The molecule has 0 unspecified atom stereocenters. The number of benzene rings is 1. The third-order valence-corrected chi connectivity index (χ3v) is 4.83. The number of likely N-dealkylation sites (tertiary alicyclic amines) is 1. The Morgan fingerprint density at radius 3 is 2.52 bits per heavy atom. The molecule has 3 rings (SSSR count). The van der Waals surface area contributed by atoms with Crippen molar-refractivity contribution >= 4 is 28.9 Å². The monoisotopic (exact) mass is 340 g/mol. The fraction of sp³-hybridized carbons (Fsp3) is 0.375. The van der Waals surface area contributed by atoms with Gasteiger partial charge >= 0.3 is 6.18 Å². The van der Waals surface area contributed by atoms with Crippen LogP contribution in [0.15, 0.2) is 34.2 Å². The lowest BCUT2D eigenvalue weighted by Gasteiger charge is -2.27. The smallest absolute Gasteiger partial charge is 0.351 e. The molecule has 2 aliphatic rings. The first-order valence-electron chi connectivity index (χ1n) is 7.39. The predicted molar refractivity (Wildman–Crippen MR) is 84.9 cm³/mol. The van der Waals surface area contributed by atoms with Crippen LogP contribution in [0.4, 0.5) is 13.2 Å². The lowest BCUT2D eigenvalue weighted by Crippen LogP contribution is -2.33. The van der Waals surface area contributed by atoms with E-state index in [9.17, 15) is 18.0 Å². The van der Waals surface area contributed by atoms with E-state index in [0.717, 1.165) is 50.2 Å². The number of aliphatic imine (C=N–C) groups is 1. The van der Waals surface area contributed by atoms with Crippen molar-refractivity contribution in [1.29, 1.82) is 0 Å². The number of thioether (sulfide) groups is 1. The number of hydrogen-bond donors (Lipinski definition) is 0. The van der Waals surface area contributed by atoms with Crippen LogP contribution in [0.1, 0.15) is 30.4 Å². The van der Waals surface area contributed by atoms with Gasteiger partial charge in [0.05, 0.1) is 10.5 Å². The minimum absolute atomic E-state index is 0.00839. The topological polar surface area (TPSA) is 32.7 Å². The molecule has 3 nitrogen and oxygen atoms in total. The summed E-state index contributed by atoms with van der Waals surface area (Å²) < 4.78 is 39.1. The molecular formula is C16H15F3N2OS. The number of piperidine rings is 1. The highest BCUT2D eigenvalue weighted by atomic mass is 32.2. The quantitative estimate of drug-likeness (QED) is 0.720. The average molecular weight is 340 g/mol. The molecule has 0 bridgehead atoms. The molecule has 23 heavy (non-hydrogen) atoms. The van der Waals surface area contributed by atoms with Gasteiger partial charge < -0.3 is 4.90 Å². The van der Waals surface area contributed by atoms with Crippen LogP contribution in [0.5, 0.6) is 0 Å². The van der Waals surface area contributed by atoms with E-state index in [0.29, 0.717) is 5.17 Å². The Morgan fingerprint density at radius 2 is 1.83 bits per heavy atom. The molecule has 1 saturated heterocycles. The molecule has 2 aliphatic heterocycles. The molecule has 0 aromatic heterocycles. The van der Waals surface area contributed by atoms with Gasteiger partial charge in [0.25, 0.3) is 5.91 Å². The zero-order valence-corrected chi connectivity index (χ0v) is 13.1. The van der Waals surface area contributed by atoms with Crippen LogP contribution in [-0.2, 0) is 11.0 Å². The summed E-state index contributed by atoms with van der Waals surface area (Å²) in [4.78, 5) is 18.3. The second-order valence-corrected chi connectivity index (χ2v) is 6.45. The Hall–Kier alpha value is -1.76. The fourth-order valence-corrected chi connectivity index (χ4v) is 3.60. The molecule has 0 saturated carbocycles. The Labute approximate surface area is 136 Å². The average Bonchev–Trinajstić information content (AvgIpc) is 2.89. The van der Waals surface area contributed by atoms with Gasteiger partial charge in [0.2, 0.25) is 0 Å². The lowest BCUT2D eigenvalue weighted by molar-refractivity contribution is -0.137. The van der Waals surface area contributed by atoms with Crippen molar-refractivity contribution in [3.63, 3.8) is 0 Å². The summed E-state index contributed by atoms with van der Waals surface area (Å²) in [6.07, 6.45) is 0.0876. The summed E-state index contributed by atoms with van der Waals surface area (Å²) in [5, 5.41) is 0.602. The minimum atomic E-state index is -4.45. The second kappa shape index (κ2) is 6.39. The van der Waals surface area contributed by atoms with Gasteiger partial charge in [-0.25, -0.2) is 0 Å². The number of nitrogens with zero attached hydrogens (tertiary/aromatic N) is 2. The maximum absolute atomic E-state index is 13.0. The van der Waals surface area contributed by atoms with E-state index < -0.39 is 17.6 Å². The van der Waals surface area contributed by atoms with Gasteiger partial charge in [-0.05, 0) is 48.7 Å². The van der Waals surface area contributed by atoms with E-state index >= 15 is 0 Å². The number of halogens is 3. The maximum atomic E-state index is 13.0. The molecule has 1 aromatic rings. The van der Waals surface area contributed by atoms with Crippen molar-refractivity contribution in [1.82, 2.24) is 4.90 Å². The predicted octanol–water partition coefficient (Wildman–Crippen LogP) is 4.16. The third-order valence-electron chi connectivity index (χ3n) is 3.79. The molecule has 0 radical (unpaired) electrons. The molecule has 0 atom stereocenters. The SMILES string of the molecule is O=C1N=C(N2CCCCC2)S/C1=C/c1ccccc1C(F)(F)F. The Morgan fingerprint density at radius 1 is 1.13 bits per heavy atom. The molecule has 1 fully saturated rings. The highest BCUT2D eigenvalue weighted by molar-refractivity contribution is 8.18. The number of amidine groups is 1. The van der Waals surface area contributed by atoms with Crippen molar-refractivity contribution in [3.05, 3.63) is 40.3 Å². The van der Waals surface area contributed by atoms with E-state index in [1.807, 2.05) is 4.90 Å². The van der Waals surface area contributed by atoms with Gasteiger partial charge in [-0.2, -0.15) is 18.2 Å². The summed E-state index contributed by atoms with van der Waals surface area (Å²) in [5.74, 6) is -0.465. The Balaban J connectivity index is 1.84. The molecule has 1 amide bonds. The number of rotatable bonds is 1. The molecule has 0 N–H and O–H groups in total. The van der Waals surface area contributed by atoms with Crippen LogP contribution in [-0.4, -0.2) is 29.1 Å². The van der Waals surface area contributed by atoms with Crippen molar-refractivity contribution in [2.24, 2.45) is 4.99 Å². The standard InChI is InChI=1S/C16H15F3N2OS/c17-16(18,19)12-7-3-2-6-11(12)10-13-14(22)20-15(23-13)21-8-4-1-5-9-21/h2-3,6-7,10H,1,4-5,8-9H2/b13-10+. The first kappa shape index (κ1) is 16.1. The van der Waals surface area contributed by atoms with Crippen molar-refractivity contribution in [3.8, 4) is 0 Å². The molecular weight excluding hydrogens is 325 g/mol. The first-order valence-corrected chi connectivity index (χ1v) is 8.20. The fourth-order valence-electron chi connectivity index (χ4n) is 2.64. The zero-order valence-electron chi connectivity index (χ0n) is 12.3. The third kappa shape index (κ3) is 3.60. The lowest BCUT2D eigenvalue weighted by atomic mass is 10.1. The summed E-state index contributed by atoms with van der Waals surface area (Å²) in [6.45, 7) is 1.68. The second-order valence-electron chi connectivity index (χ2n) is 5.44. The van der Waals surface area contributed by atoms with Gasteiger partial charge in [0.15, 0.2) is 5.17 Å². The number of hydrogen-bond acceptors (Lipinski definition) is 3. The highest BCUT2D eigenvalue weighted by Gasteiger charge is 2.33. The van der Waals surface area contributed by atoms with Crippen molar-refractivity contribution in [2.45, 2.75) is 25.4 Å². The van der Waals surface area contributed by atoms with E-state index in [4.69, 9.17) is 0 Å². The van der Waals surface area contributed by atoms with Gasteiger partial charge in [-0.1, -0.05) is 18.2 Å². The molecule has 0 spiro atoms. The highest BCUT2D eigenvalue weighted by Crippen LogP contribution is 2.36. The summed E-state index contributed by atoms with van der Waals surface area (Å²) in [6, 6.07) is 5.24. The zero-order chi connectivity index (χ0) is 16.4. The van der Waals surface area contributed by atoms with Crippen LogP contribution >= 0.6 is 11.8 Å². The van der Waals surface area contributed by atoms with E-state index in [1.54, 1.807) is 0 Å². The van der Waals surface area contributed by atoms with E-state index in [-0.39, 0.29) is 10.5 Å². The van der Waals surface area contributed by atoms with Crippen LogP contribution in [0.2, 0.25) is 0 Å². The van der Waals surface area contributed by atoms with Crippen molar-refractivity contribution < 1.29 is 18.0 Å². The molecule has 122 valence electrons. The van der Waals surface area contributed by atoms with Gasteiger partial charge in [0.1, 0.15) is 0 Å². The van der Waals surface area contributed by atoms with Crippen LogP contribution < -0.4 is 0 Å². The summed E-state index contributed by atoms with van der Waals surface area (Å²) in [5.41, 5.74) is -0.752. The van der Waals surface area contributed by atoms with E-state index in [1.165, 1.54) is 24.3 Å². The van der Waals surface area contributed by atoms with Crippen LogP contribution in [0, 0.1) is 0 Å². The summed E-state index contributed by atoms with van der Waals surface area (Å²) >= 11 is 1.16. The number of carbonyl (C=O) groups excluding carboxylic acids is 1. The number of alkyl halides is 3. The molecule has 0 aliphatic carbocycles. The van der Waals surface area contributed by atoms with Crippen LogP contribution in [0.25, 0.3) is 6.08 Å². The van der Waals surface area contributed by atoms with Crippen LogP contribution in [0.3, 0.4) is 0 Å². The van der Waals surface area contributed by atoms with Gasteiger partial charge in [0, 0.05) is 13.1 Å². The summed E-state index contributed by atoms with van der Waals surface area (Å²) in [7, 11) is 0. The number of amides is 1. The number of carbonyl (C=O) groups is 1. The molecule has 2 heterocycles. The Bertz CT molecular complexity index is 676. The first-order chi connectivity index (χ1) is 10.9. The Kier molecular flexibility index (Phi) is 4.48. The minimum Gasteiger partial charge on any atom is -0.351 e. The molecule has 1 aromatic carbocycles. The van der Waals surface area contributed by atoms with Crippen molar-refractivity contribution in [2.75, 3.05) is 13.1 Å². The van der Waals surface area contributed by atoms with Gasteiger partial charge in [-0.15, -0.1) is 0 Å². The van der Waals surface area contributed by atoms with E-state index in [2.05, 4.69) is 4.99 Å². The molecule has 7 heteroatoms. The van der Waals surface area contributed by atoms with Gasteiger partial charge in [-0.3, -0.25) is 4.79 Å². The largest absolute Gasteiger partial charge is 0.416 e. The normalized spacial score (nSPS) is 21.0.